The van der Waals surface area contributed by atoms with Gasteiger partial charge in [0.15, 0.2) is 6.20 Å². The number of nitrogen functional groups attached to an aromatic ring is 1. The fourth-order valence-electron chi connectivity index (χ4n) is 2.74. The molecule has 120 valence electrons. The maximum atomic E-state index is 12.3. The van der Waals surface area contributed by atoms with Crippen LogP contribution in [0.25, 0.3) is 11.0 Å². The first kappa shape index (κ1) is 15.5. The first-order valence-corrected chi connectivity index (χ1v) is 7.75. The normalized spacial score (nSPS) is 11.1. The van der Waals surface area contributed by atoms with E-state index in [9.17, 15) is 5.21 Å². The van der Waals surface area contributed by atoms with E-state index in [0.29, 0.717) is 22.5 Å². The van der Waals surface area contributed by atoms with Crippen LogP contribution in [0, 0.1) is 19.1 Å². The second-order valence-electron chi connectivity index (χ2n) is 5.30. The monoisotopic (exact) mass is 377 g/mol. The summed E-state index contributed by atoms with van der Waals surface area (Å²) >= 11 is 3.38. The Bertz CT molecular complexity index is 907. The fraction of sp³-hybridized carbons (Fsp3) is 0.267. The Balaban J connectivity index is 2.13. The van der Waals surface area contributed by atoms with Crippen LogP contribution in [-0.2, 0) is 6.54 Å². The third-order valence-electron chi connectivity index (χ3n) is 3.82. The largest absolute Gasteiger partial charge is 0.618 e. The van der Waals surface area contributed by atoms with Crippen molar-refractivity contribution in [2.24, 2.45) is 0 Å². The number of aryl methyl sites for hydroxylation is 1. The van der Waals surface area contributed by atoms with E-state index in [4.69, 9.17) is 10.5 Å². The van der Waals surface area contributed by atoms with Crippen LogP contribution in [0.1, 0.15) is 16.8 Å². The maximum absolute atomic E-state index is 12.3. The summed E-state index contributed by atoms with van der Waals surface area (Å²) in [4.78, 5) is 8.35. The van der Waals surface area contributed by atoms with Crippen LogP contribution in [0.2, 0.25) is 0 Å². The van der Waals surface area contributed by atoms with Gasteiger partial charge in [0.1, 0.15) is 22.5 Å². The highest BCUT2D eigenvalue weighted by molar-refractivity contribution is 9.10. The van der Waals surface area contributed by atoms with Crippen LogP contribution in [-0.4, -0.2) is 21.6 Å². The Labute approximate surface area is 141 Å². The highest BCUT2D eigenvalue weighted by Crippen LogP contribution is 2.26. The molecule has 8 heteroatoms. The molecule has 0 saturated heterocycles. The lowest BCUT2D eigenvalue weighted by molar-refractivity contribution is -0.615. The summed E-state index contributed by atoms with van der Waals surface area (Å²) in [5.74, 6) is 0.899. The van der Waals surface area contributed by atoms with Crippen LogP contribution in [0.15, 0.2) is 23.1 Å². The maximum Gasteiger partial charge on any atom is 0.223 e. The van der Waals surface area contributed by atoms with Crippen LogP contribution >= 0.6 is 15.9 Å². The first-order valence-electron chi connectivity index (χ1n) is 6.96. The van der Waals surface area contributed by atoms with Crippen molar-refractivity contribution in [2.45, 2.75) is 20.4 Å². The minimum Gasteiger partial charge on any atom is -0.618 e. The molecule has 7 nitrogen and oxygen atoms in total. The molecule has 3 aromatic rings. The molecule has 0 bridgehead atoms. The van der Waals surface area contributed by atoms with Gasteiger partial charge in [-0.2, -0.15) is 9.71 Å². The van der Waals surface area contributed by atoms with Crippen molar-refractivity contribution in [2.75, 3.05) is 12.8 Å². The summed E-state index contributed by atoms with van der Waals surface area (Å²) in [6, 6.07) is 1.88. The van der Waals surface area contributed by atoms with Gasteiger partial charge in [-0.3, -0.25) is 0 Å². The number of nitrogens with zero attached hydrogens (tertiary/aromatic N) is 4. The molecule has 3 aromatic heterocycles. The number of methoxy groups -OCH3 is 1. The van der Waals surface area contributed by atoms with Crippen molar-refractivity contribution in [3.8, 4) is 5.75 Å². The van der Waals surface area contributed by atoms with Crippen LogP contribution in [0.3, 0.4) is 0 Å². The van der Waals surface area contributed by atoms with E-state index < -0.39 is 0 Å². The van der Waals surface area contributed by atoms with Gasteiger partial charge in [0.2, 0.25) is 11.6 Å². The summed E-state index contributed by atoms with van der Waals surface area (Å²) in [6.45, 7) is 4.08. The van der Waals surface area contributed by atoms with E-state index in [1.165, 1.54) is 6.20 Å². The third kappa shape index (κ3) is 2.59. The van der Waals surface area contributed by atoms with Gasteiger partial charge in [-0.05, 0) is 35.8 Å². The summed E-state index contributed by atoms with van der Waals surface area (Å²) < 4.78 is 8.77. The second kappa shape index (κ2) is 5.69. The molecule has 0 aliphatic carbocycles. The van der Waals surface area contributed by atoms with Crippen LogP contribution < -0.4 is 15.2 Å². The number of hydrogen-bond donors (Lipinski definition) is 1. The number of anilines is 1. The number of nitrogens with two attached hydrogens (primary N) is 1. The highest BCUT2D eigenvalue weighted by Gasteiger charge is 2.19. The molecule has 0 radical (unpaired) electrons. The lowest BCUT2D eigenvalue weighted by atomic mass is 10.1. The van der Waals surface area contributed by atoms with Gasteiger partial charge in [-0.15, -0.1) is 0 Å². The predicted molar refractivity (Wildman–Crippen MR) is 90.2 cm³/mol. The second-order valence-corrected chi connectivity index (χ2v) is 6.05. The zero-order valence-corrected chi connectivity index (χ0v) is 14.6. The van der Waals surface area contributed by atoms with E-state index in [0.717, 1.165) is 27.0 Å². The zero-order chi connectivity index (χ0) is 16.7. The number of pyridine rings is 1. The molecular formula is C15H16BrN5O2. The minimum atomic E-state index is 0.178. The van der Waals surface area contributed by atoms with Crippen molar-refractivity contribution >= 4 is 32.9 Å². The Morgan fingerprint density at radius 1 is 1.39 bits per heavy atom. The summed E-state index contributed by atoms with van der Waals surface area (Å²) in [6.07, 6.45) is 3.38. The number of fused-ring (bicyclic) bond motifs is 1. The molecule has 0 saturated carbocycles. The molecule has 0 atom stereocenters. The predicted octanol–water partition coefficient (Wildman–Crippen LogP) is 2.08. The average molecular weight is 378 g/mol. The standard InChI is InChI=1S/C15H16BrN5O2/c1-8-6-21(22)11(9(2)12(8)23-3)7-20-5-4-10-13(16)18-15(17)19-14(10)20/h4-6H,7H2,1-3H3,(H2,17,18,19). The Hall–Kier alpha value is -2.35. The van der Waals surface area contributed by atoms with Gasteiger partial charge in [-0.25, -0.2) is 4.98 Å². The quantitative estimate of drug-likeness (QED) is 0.428. The SMILES string of the molecule is COc1c(C)c[n+]([O-])c(Cn2ccc3c(Br)nc(N)nc32)c1C. The minimum absolute atomic E-state index is 0.178. The van der Waals surface area contributed by atoms with E-state index in [1.54, 1.807) is 7.11 Å². The fourth-order valence-corrected chi connectivity index (χ4v) is 3.23. The molecule has 2 N–H and O–H groups in total. The molecule has 0 aliphatic rings. The molecule has 0 spiro atoms. The number of halogens is 1. The molecular weight excluding hydrogens is 362 g/mol. The Kier molecular flexibility index (Phi) is 3.85. The van der Waals surface area contributed by atoms with Gasteiger partial charge in [0.25, 0.3) is 0 Å². The van der Waals surface area contributed by atoms with Crippen molar-refractivity contribution in [3.63, 3.8) is 0 Å². The molecule has 0 unspecified atom stereocenters. The third-order valence-corrected chi connectivity index (χ3v) is 4.43. The van der Waals surface area contributed by atoms with Gasteiger partial charge in [-0.1, -0.05) is 0 Å². The van der Waals surface area contributed by atoms with Gasteiger partial charge in [0.05, 0.1) is 23.6 Å². The van der Waals surface area contributed by atoms with Gasteiger partial charge >= 0.3 is 0 Å². The van der Waals surface area contributed by atoms with Crippen molar-refractivity contribution in [1.29, 1.82) is 0 Å². The van der Waals surface area contributed by atoms with Crippen LogP contribution in [0.4, 0.5) is 5.95 Å². The number of ether oxygens (including phenoxy) is 1. The van der Waals surface area contributed by atoms with Crippen molar-refractivity contribution in [3.05, 3.63) is 45.1 Å². The van der Waals surface area contributed by atoms with Gasteiger partial charge in [0, 0.05) is 6.20 Å². The molecule has 0 fully saturated rings. The lowest BCUT2D eigenvalue weighted by Crippen LogP contribution is -2.34. The Morgan fingerprint density at radius 2 is 2.13 bits per heavy atom. The highest BCUT2D eigenvalue weighted by atomic mass is 79.9. The zero-order valence-electron chi connectivity index (χ0n) is 13.0. The van der Waals surface area contributed by atoms with Crippen molar-refractivity contribution < 1.29 is 9.47 Å². The number of rotatable bonds is 3. The summed E-state index contributed by atoms with van der Waals surface area (Å²) in [5.41, 5.74) is 8.60. The Morgan fingerprint density at radius 3 is 2.83 bits per heavy atom. The number of aromatic nitrogens is 4. The first-order chi connectivity index (χ1) is 10.9. The van der Waals surface area contributed by atoms with E-state index in [1.807, 2.05) is 30.7 Å². The lowest BCUT2D eigenvalue weighted by Gasteiger charge is -2.14. The smallest absolute Gasteiger partial charge is 0.223 e. The average Bonchev–Trinajstić information content (AvgIpc) is 2.87. The van der Waals surface area contributed by atoms with E-state index >= 15 is 0 Å². The van der Waals surface area contributed by atoms with E-state index in [-0.39, 0.29) is 5.95 Å². The molecule has 23 heavy (non-hydrogen) atoms. The molecule has 3 rings (SSSR count). The van der Waals surface area contributed by atoms with Crippen molar-refractivity contribution in [1.82, 2.24) is 14.5 Å². The molecule has 3 heterocycles. The van der Waals surface area contributed by atoms with Crippen LogP contribution in [0.5, 0.6) is 5.75 Å². The summed E-state index contributed by atoms with van der Waals surface area (Å²) in [5, 5.41) is 13.1. The van der Waals surface area contributed by atoms with E-state index in [2.05, 4.69) is 25.9 Å². The molecule has 0 aliphatic heterocycles. The molecule has 0 amide bonds. The summed E-state index contributed by atoms with van der Waals surface area (Å²) in [7, 11) is 1.60. The van der Waals surface area contributed by atoms with Gasteiger partial charge < -0.3 is 20.2 Å². The number of hydrogen-bond acceptors (Lipinski definition) is 5. The molecule has 0 aromatic carbocycles. The topological polar surface area (TPSA) is 92.9 Å².